The number of amides is 1. The number of hydrogen-bond donors (Lipinski definition) is 1. The third-order valence-electron chi connectivity index (χ3n) is 6.31. The Morgan fingerprint density at radius 2 is 1.70 bits per heavy atom. The third-order valence-corrected chi connectivity index (χ3v) is 8.94. The van der Waals surface area contributed by atoms with Crippen molar-refractivity contribution in [2.24, 2.45) is 0 Å². The molecule has 0 unspecified atom stereocenters. The zero-order valence-corrected chi connectivity index (χ0v) is 18.3. The summed E-state index contributed by atoms with van der Waals surface area (Å²) in [7, 11) is -4.00. The maximum atomic E-state index is 13.5. The van der Waals surface area contributed by atoms with Gasteiger partial charge >= 0.3 is 5.97 Å². The Balaban J connectivity index is 1.79. The molecule has 0 atom stereocenters. The number of nitrogens with zero attached hydrogens (tertiary/aromatic N) is 1. The molecule has 1 amide bonds. The van der Waals surface area contributed by atoms with Crippen LogP contribution in [0.2, 0.25) is 0 Å². The van der Waals surface area contributed by atoms with Crippen LogP contribution in [0.1, 0.15) is 62.5 Å². The Morgan fingerprint density at radius 1 is 1.10 bits per heavy atom. The van der Waals surface area contributed by atoms with Gasteiger partial charge in [0.25, 0.3) is 5.91 Å². The highest BCUT2D eigenvalue weighted by molar-refractivity contribution is 7.93. The summed E-state index contributed by atoms with van der Waals surface area (Å²) in [5.41, 5.74) is 0.451. The van der Waals surface area contributed by atoms with Crippen LogP contribution in [0.3, 0.4) is 0 Å². The zero-order chi connectivity index (χ0) is 22.0. The van der Waals surface area contributed by atoms with Crippen LogP contribution < -0.4 is 5.32 Å². The van der Waals surface area contributed by atoms with Crippen molar-refractivity contribution in [1.82, 2.24) is 5.32 Å². The summed E-state index contributed by atoms with van der Waals surface area (Å²) >= 11 is 0. The van der Waals surface area contributed by atoms with Gasteiger partial charge in [-0.25, -0.2) is 8.42 Å². The second kappa shape index (κ2) is 8.38. The SMILES string of the molecule is Cc1ccc(C)c(S(=O)(=O)C2(C(=O)OCC(=O)NC3(C#N)CCCC3)CCCC2)c1. The van der Waals surface area contributed by atoms with Crippen LogP contribution in [0, 0.1) is 25.2 Å². The van der Waals surface area contributed by atoms with E-state index in [0.29, 0.717) is 31.2 Å². The highest BCUT2D eigenvalue weighted by Crippen LogP contribution is 2.42. The minimum Gasteiger partial charge on any atom is -0.454 e. The summed E-state index contributed by atoms with van der Waals surface area (Å²) in [6, 6.07) is 7.29. The molecule has 0 bridgehead atoms. The topological polar surface area (TPSA) is 113 Å². The minimum absolute atomic E-state index is 0.139. The van der Waals surface area contributed by atoms with Crippen LogP contribution in [0.5, 0.6) is 0 Å². The molecule has 7 nitrogen and oxygen atoms in total. The van der Waals surface area contributed by atoms with Gasteiger partial charge in [0, 0.05) is 0 Å². The molecule has 0 aromatic heterocycles. The third kappa shape index (κ3) is 3.95. The zero-order valence-electron chi connectivity index (χ0n) is 17.5. The van der Waals surface area contributed by atoms with Crippen LogP contribution in [0.15, 0.2) is 23.1 Å². The fraction of sp³-hybridized carbons (Fsp3) is 0.591. The first-order valence-corrected chi connectivity index (χ1v) is 11.9. The molecule has 0 spiro atoms. The monoisotopic (exact) mass is 432 g/mol. The molecular formula is C22H28N2O5S. The lowest BCUT2D eigenvalue weighted by molar-refractivity contribution is -0.151. The first-order valence-electron chi connectivity index (χ1n) is 10.4. The van der Waals surface area contributed by atoms with Crippen LogP contribution in [-0.2, 0) is 24.2 Å². The molecule has 3 rings (SSSR count). The summed E-state index contributed by atoms with van der Waals surface area (Å²) in [4.78, 5) is 25.5. The van der Waals surface area contributed by atoms with E-state index < -0.39 is 38.6 Å². The number of nitrogens with one attached hydrogen (secondary N) is 1. The molecular weight excluding hydrogens is 404 g/mol. The first-order chi connectivity index (χ1) is 14.2. The molecule has 2 aliphatic rings. The van der Waals surface area contributed by atoms with E-state index in [4.69, 9.17) is 4.74 Å². The number of sulfone groups is 1. The molecule has 1 aromatic rings. The Kier molecular flexibility index (Phi) is 6.23. The number of benzene rings is 1. The molecule has 0 saturated heterocycles. The summed E-state index contributed by atoms with van der Waals surface area (Å²) in [5, 5.41) is 12.0. The average molecular weight is 433 g/mol. The van der Waals surface area contributed by atoms with Crippen molar-refractivity contribution in [2.75, 3.05) is 6.61 Å². The van der Waals surface area contributed by atoms with Gasteiger partial charge in [-0.15, -0.1) is 0 Å². The van der Waals surface area contributed by atoms with E-state index >= 15 is 0 Å². The van der Waals surface area contributed by atoms with Gasteiger partial charge in [-0.05, 0) is 69.6 Å². The summed E-state index contributed by atoms with van der Waals surface area (Å²) in [6.45, 7) is 2.92. The molecule has 0 radical (unpaired) electrons. The van der Waals surface area contributed by atoms with Crippen molar-refractivity contribution >= 4 is 21.7 Å². The number of rotatable bonds is 6. The van der Waals surface area contributed by atoms with Gasteiger partial charge in [0.2, 0.25) is 0 Å². The largest absolute Gasteiger partial charge is 0.454 e. The van der Waals surface area contributed by atoms with E-state index in [1.54, 1.807) is 26.0 Å². The van der Waals surface area contributed by atoms with E-state index in [1.165, 1.54) is 0 Å². The van der Waals surface area contributed by atoms with Crippen molar-refractivity contribution in [3.05, 3.63) is 29.3 Å². The Bertz CT molecular complexity index is 981. The average Bonchev–Trinajstić information content (AvgIpc) is 3.39. The number of hydrogen-bond acceptors (Lipinski definition) is 6. The Morgan fingerprint density at radius 3 is 2.30 bits per heavy atom. The summed E-state index contributed by atoms with van der Waals surface area (Å²) < 4.78 is 30.6. The normalized spacial score (nSPS) is 19.8. The lowest BCUT2D eigenvalue weighted by Gasteiger charge is -2.28. The van der Waals surface area contributed by atoms with Crippen LogP contribution in [0.25, 0.3) is 0 Å². The molecule has 0 aliphatic heterocycles. The van der Waals surface area contributed by atoms with Gasteiger partial charge in [0.15, 0.2) is 21.2 Å². The Hall–Kier alpha value is -2.40. The number of ether oxygens (including phenoxy) is 1. The second-order valence-electron chi connectivity index (χ2n) is 8.50. The smallest absolute Gasteiger partial charge is 0.328 e. The molecule has 2 fully saturated rings. The van der Waals surface area contributed by atoms with Crippen LogP contribution in [-0.4, -0.2) is 37.2 Å². The second-order valence-corrected chi connectivity index (χ2v) is 10.7. The predicted octanol–water partition coefficient (Wildman–Crippen LogP) is 2.89. The minimum atomic E-state index is -4.00. The van der Waals surface area contributed by atoms with Gasteiger partial charge in [0.1, 0.15) is 5.54 Å². The van der Waals surface area contributed by atoms with E-state index in [0.717, 1.165) is 18.4 Å². The van der Waals surface area contributed by atoms with Crippen molar-refractivity contribution in [2.45, 2.75) is 80.4 Å². The number of aryl methyl sites for hydroxylation is 2. The van der Waals surface area contributed by atoms with E-state index in [1.807, 2.05) is 6.07 Å². The highest BCUT2D eigenvalue weighted by Gasteiger charge is 2.55. The van der Waals surface area contributed by atoms with Crippen molar-refractivity contribution in [3.8, 4) is 6.07 Å². The molecule has 1 N–H and O–H groups in total. The number of carbonyl (C=O) groups is 2. The lowest BCUT2D eigenvalue weighted by Crippen LogP contribution is -2.49. The van der Waals surface area contributed by atoms with Gasteiger partial charge in [-0.2, -0.15) is 5.26 Å². The standard InChI is InChI=1S/C22H28N2O5S/c1-16-7-8-17(2)18(13-16)30(27,28)22(11-5-6-12-22)20(26)29-14-19(25)24-21(15-23)9-3-4-10-21/h7-8,13H,3-6,9-12,14H2,1-2H3,(H,24,25). The van der Waals surface area contributed by atoms with Gasteiger partial charge in [0.05, 0.1) is 11.0 Å². The quantitative estimate of drug-likeness (QED) is 0.692. The predicted molar refractivity (Wildman–Crippen MR) is 110 cm³/mol. The maximum absolute atomic E-state index is 13.5. The summed E-state index contributed by atoms with van der Waals surface area (Å²) in [5.74, 6) is -1.46. The lowest BCUT2D eigenvalue weighted by atomic mass is 10.00. The first kappa shape index (κ1) is 22.3. The molecule has 2 aliphatic carbocycles. The van der Waals surface area contributed by atoms with Crippen molar-refractivity contribution in [3.63, 3.8) is 0 Å². The fourth-order valence-corrected chi connectivity index (χ4v) is 6.90. The van der Waals surface area contributed by atoms with Gasteiger partial charge < -0.3 is 10.1 Å². The Labute approximate surface area is 177 Å². The van der Waals surface area contributed by atoms with Crippen LogP contribution in [0.4, 0.5) is 0 Å². The molecule has 162 valence electrons. The van der Waals surface area contributed by atoms with E-state index in [-0.39, 0.29) is 17.7 Å². The maximum Gasteiger partial charge on any atom is 0.328 e. The number of carbonyl (C=O) groups excluding carboxylic acids is 2. The molecule has 1 aromatic carbocycles. The molecule has 2 saturated carbocycles. The highest BCUT2D eigenvalue weighted by atomic mass is 32.2. The summed E-state index contributed by atoms with van der Waals surface area (Å²) in [6.07, 6.45) is 4.38. The van der Waals surface area contributed by atoms with E-state index in [9.17, 15) is 23.3 Å². The fourth-order valence-electron chi connectivity index (χ4n) is 4.54. The van der Waals surface area contributed by atoms with Gasteiger partial charge in [-0.3, -0.25) is 9.59 Å². The van der Waals surface area contributed by atoms with Crippen LogP contribution >= 0.6 is 0 Å². The number of esters is 1. The van der Waals surface area contributed by atoms with Crippen molar-refractivity contribution in [1.29, 1.82) is 5.26 Å². The van der Waals surface area contributed by atoms with E-state index in [2.05, 4.69) is 11.4 Å². The molecule has 30 heavy (non-hydrogen) atoms. The van der Waals surface area contributed by atoms with Gasteiger partial charge in [-0.1, -0.05) is 25.0 Å². The number of nitriles is 1. The van der Waals surface area contributed by atoms with Crippen molar-refractivity contribution < 1.29 is 22.7 Å². The molecule has 8 heteroatoms. The molecule has 0 heterocycles.